The normalized spacial score (nSPS) is 20.6. The minimum atomic E-state index is 0.300. The van der Waals surface area contributed by atoms with E-state index in [4.69, 9.17) is 5.73 Å². The van der Waals surface area contributed by atoms with Crippen molar-refractivity contribution in [2.24, 2.45) is 10.9 Å². The van der Waals surface area contributed by atoms with Crippen LogP contribution in [0.15, 0.2) is 29.7 Å². The molecule has 2 heterocycles. The summed E-state index contributed by atoms with van der Waals surface area (Å²) in [6.45, 7) is 2.16. The van der Waals surface area contributed by atoms with Gasteiger partial charge in [-0.15, -0.1) is 0 Å². The second-order valence-corrected chi connectivity index (χ2v) is 3.43. The number of allylic oxidation sites excluding steroid dienone is 1. The molecule has 4 heteroatoms. The van der Waals surface area contributed by atoms with Crippen molar-refractivity contribution in [3.05, 3.63) is 30.2 Å². The summed E-state index contributed by atoms with van der Waals surface area (Å²) in [5.74, 6) is 0.828. The van der Waals surface area contributed by atoms with E-state index in [1.165, 1.54) is 0 Å². The van der Waals surface area contributed by atoms with E-state index in [9.17, 15) is 0 Å². The van der Waals surface area contributed by atoms with Crippen molar-refractivity contribution in [3.8, 4) is 0 Å². The molecule has 1 aliphatic rings. The van der Waals surface area contributed by atoms with Crippen molar-refractivity contribution >= 4 is 11.7 Å². The zero-order valence-corrected chi connectivity index (χ0v) is 8.01. The first-order chi connectivity index (χ1) is 6.75. The zero-order chi connectivity index (χ0) is 9.97. The van der Waals surface area contributed by atoms with E-state index < -0.39 is 0 Å². The van der Waals surface area contributed by atoms with Gasteiger partial charge in [0.05, 0.1) is 5.71 Å². The van der Waals surface area contributed by atoms with Crippen LogP contribution in [0.5, 0.6) is 0 Å². The second kappa shape index (κ2) is 3.57. The Bertz CT molecular complexity index is 378. The molecule has 1 aliphatic heterocycles. The fourth-order valence-corrected chi connectivity index (χ4v) is 1.39. The molecule has 0 saturated heterocycles. The number of nitrogens with zero attached hydrogens (tertiary/aromatic N) is 3. The molecule has 0 bridgehead atoms. The smallest absolute Gasteiger partial charge is 0.219 e. The number of hydrogen-bond donors (Lipinski definition) is 1. The minimum Gasteiger partial charge on any atom is -0.368 e. The van der Waals surface area contributed by atoms with Gasteiger partial charge < -0.3 is 5.73 Å². The van der Waals surface area contributed by atoms with E-state index in [0.717, 1.165) is 17.7 Å². The first-order valence-corrected chi connectivity index (χ1v) is 4.57. The van der Waals surface area contributed by atoms with Gasteiger partial charge in [0.1, 0.15) is 0 Å². The van der Waals surface area contributed by atoms with Crippen LogP contribution >= 0.6 is 0 Å². The topological polar surface area (TPSA) is 64.2 Å². The lowest BCUT2D eigenvalue weighted by Crippen LogP contribution is -2.10. The molecule has 2 rings (SSSR count). The molecule has 0 saturated carbocycles. The van der Waals surface area contributed by atoms with Crippen molar-refractivity contribution < 1.29 is 0 Å². The van der Waals surface area contributed by atoms with E-state index in [1.807, 2.05) is 6.20 Å². The largest absolute Gasteiger partial charge is 0.368 e. The van der Waals surface area contributed by atoms with Crippen LogP contribution in [0.2, 0.25) is 0 Å². The summed E-state index contributed by atoms with van der Waals surface area (Å²) < 4.78 is 0. The third kappa shape index (κ3) is 1.79. The predicted octanol–water partition coefficient (Wildman–Crippen LogP) is 1.40. The maximum Gasteiger partial charge on any atom is 0.219 e. The van der Waals surface area contributed by atoms with Crippen LogP contribution in [0.4, 0.5) is 5.95 Å². The van der Waals surface area contributed by atoms with Crippen LogP contribution in [0.25, 0.3) is 0 Å². The average Bonchev–Trinajstić information content (AvgIpc) is 2.19. The molecule has 0 radical (unpaired) electrons. The van der Waals surface area contributed by atoms with E-state index in [-0.39, 0.29) is 0 Å². The quantitative estimate of drug-likeness (QED) is 0.724. The van der Waals surface area contributed by atoms with Crippen molar-refractivity contribution in [2.45, 2.75) is 13.3 Å². The number of rotatable bonds is 1. The summed E-state index contributed by atoms with van der Waals surface area (Å²) in [5.41, 5.74) is 7.39. The lowest BCUT2D eigenvalue weighted by atomic mass is 9.99. The monoisotopic (exact) mass is 188 g/mol. The number of aliphatic imine (C=N–C) groups is 1. The molecular weight excluding hydrogens is 176 g/mol. The molecule has 0 spiro atoms. The van der Waals surface area contributed by atoms with E-state index in [0.29, 0.717) is 11.9 Å². The summed E-state index contributed by atoms with van der Waals surface area (Å²) in [6, 6.07) is 0. The molecule has 4 nitrogen and oxygen atoms in total. The third-order valence-corrected chi connectivity index (χ3v) is 2.17. The van der Waals surface area contributed by atoms with Crippen LogP contribution in [0.3, 0.4) is 0 Å². The molecule has 0 aromatic carbocycles. The van der Waals surface area contributed by atoms with Crippen molar-refractivity contribution in [3.63, 3.8) is 0 Å². The Kier molecular flexibility index (Phi) is 2.26. The molecule has 1 aromatic rings. The lowest BCUT2D eigenvalue weighted by Gasteiger charge is -2.12. The Morgan fingerprint density at radius 2 is 2.07 bits per heavy atom. The Morgan fingerprint density at radius 3 is 2.71 bits per heavy atom. The Morgan fingerprint density at radius 1 is 1.36 bits per heavy atom. The Hall–Kier alpha value is -1.71. The van der Waals surface area contributed by atoms with Crippen molar-refractivity contribution in [1.82, 2.24) is 9.97 Å². The third-order valence-electron chi connectivity index (χ3n) is 2.17. The fraction of sp³-hybridized carbons (Fsp3) is 0.300. The maximum atomic E-state index is 5.41. The van der Waals surface area contributed by atoms with E-state index in [2.05, 4.69) is 28.0 Å². The summed E-state index contributed by atoms with van der Waals surface area (Å²) in [5, 5.41) is 0. The van der Waals surface area contributed by atoms with E-state index >= 15 is 0 Å². The van der Waals surface area contributed by atoms with Crippen molar-refractivity contribution in [2.75, 3.05) is 5.73 Å². The summed E-state index contributed by atoms with van der Waals surface area (Å²) >= 11 is 0. The van der Waals surface area contributed by atoms with Crippen LogP contribution in [-0.4, -0.2) is 15.7 Å². The van der Waals surface area contributed by atoms with Crippen LogP contribution in [0, 0.1) is 5.92 Å². The van der Waals surface area contributed by atoms with Gasteiger partial charge in [0.15, 0.2) is 0 Å². The highest BCUT2D eigenvalue weighted by Crippen LogP contribution is 2.15. The molecule has 2 N–H and O–H groups in total. The molecule has 0 fully saturated rings. The Labute approximate surface area is 82.6 Å². The van der Waals surface area contributed by atoms with Gasteiger partial charge in [0, 0.05) is 24.2 Å². The summed E-state index contributed by atoms with van der Waals surface area (Å²) in [6.07, 6.45) is 8.28. The number of nitrogens with two attached hydrogens (primary N) is 1. The number of aromatic nitrogens is 2. The number of anilines is 1. The van der Waals surface area contributed by atoms with Crippen molar-refractivity contribution in [1.29, 1.82) is 0 Å². The molecule has 1 atom stereocenters. The van der Waals surface area contributed by atoms with Gasteiger partial charge in [0.25, 0.3) is 0 Å². The predicted molar refractivity (Wildman–Crippen MR) is 55.9 cm³/mol. The average molecular weight is 188 g/mol. The van der Waals surface area contributed by atoms with Gasteiger partial charge in [-0.1, -0.05) is 13.0 Å². The summed E-state index contributed by atoms with van der Waals surface area (Å²) in [7, 11) is 0. The van der Waals surface area contributed by atoms with Gasteiger partial charge in [-0.3, -0.25) is 4.99 Å². The Balaban J connectivity index is 2.27. The van der Waals surface area contributed by atoms with Gasteiger partial charge >= 0.3 is 0 Å². The zero-order valence-electron chi connectivity index (χ0n) is 8.01. The maximum absolute atomic E-state index is 5.41. The molecule has 0 aliphatic carbocycles. The molecule has 14 heavy (non-hydrogen) atoms. The highest BCUT2D eigenvalue weighted by molar-refractivity contribution is 6.01. The van der Waals surface area contributed by atoms with Gasteiger partial charge in [-0.05, 0) is 12.3 Å². The molecule has 72 valence electrons. The highest BCUT2D eigenvalue weighted by atomic mass is 15.0. The highest BCUT2D eigenvalue weighted by Gasteiger charge is 2.10. The second-order valence-electron chi connectivity index (χ2n) is 3.43. The number of nitrogen functional groups attached to an aromatic ring is 1. The number of hydrogen-bond acceptors (Lipinski definition) is 4. The lowest BCUT2D eigenvalue weighted by molar-refractivity contribution is 0.755. The molecule has 1 aromatic heterocycles. The molecule has 1 unspecified atom stereocenters. The van der Waals surface area contributed by atoms with Crippen LogP contribution < -0.4 is 5.73 Å². The van der Waals surface area contributed by atoms with Gasteiger partial charge in [-0.25, -0.2) is 9.97 Å². The summed E-state index contributed by atoms with van der Waals surface area (Å²) in [4.78, 5) is 12.2. The van der Waals surface area contributed by atoms with Crippen LogP contribution in [-0.2, 0) is 0 Å². The standard InChI is InChI=1S/C10H12N4/c1-7-2-3-12-9(4-7)8-5-13-10(11)14-6-8/h2-3,5-7H,4H2,1H3,(H2,11,13,14). The molecule has 0 amide bonds. The van der Waals surface area contributed by atoms with Gasteiger partial charge in [0.2, 0.25) is 5.95 Å². The SMILES string of the molecule is CC1C=CN=C(c2cnc(N)nc2)C1. The van der Waals surface area contributed by atoms with Crippen LogP contribution in [0.1, 0.15) is 18.9 Å². The first kappa shape index (κ1) is 8.87. The molecular formula is C10H12N4. The first-order valence-electron chi connectivity index (χ1n) is 4.57. The minimum absolute atomic E-state index is 0.300. The van der Waals surface area contributed by atoms with E-state index in [1.54, 1.807) is 12.4 Å². The van der Waals surface area contributed by atoms with Gasteiger partial charge in [-0.2, -0.15) is 0 Å². The fourth-order valence-electron chi connectivity index (χ4n) is 1.39.